The molecule has 2 aromatic rings. The number of halogens is 3. The van der Waals surface area contributed by atoms with Crippen LogP contribution in [0.1, 0.15) is 22.5 Å². The highest BCUT2D eigenvalue weighted by Crippen LogP contribution is 2.36. The SMILES string of the molecule is CNC(=O)c1cn(C[C@@H]2CC(F)(F)CN2S(=O)(=O)Cc2ccccc2Cl)nn1. The van der Waals surface area contributed by atoms with Gasteiger partial charge in [0.2, 0.25) is 10.0 Å². The van der Waals surface area contributed by atoms with Crippen LogP contribution in [0.2, 0.25) is 5.02 Å². The molecule has 1 saturated heterocycles. The van der Waals surface area contributed by atoms with Gasteiger partial charge >= 0.3 is 0 Å². The number of aromatic nitrogens is 3. The first-order chi connectivity index (χ1) is 13.1. The van der Waals surface area contributed by atoms with E-state index in [0.717, 1.165) is 4.31 Å². The average Bonchev–Trinajstić information content (AvgIpc) is 3.20. The third kappa shape index (κ3) is 4.47. The fourth-order valence-electron chi connectivity index (χ4n) is 3.08. The molecule has 0 aliphatic carbocycles. The summed E-state index contributed by atoms with van der Waals surface area (Å²) in [6, 6.07) is 5.33. The van der Waals surface area contributed by atoms with Crippen LogP contribution >= 0.6 is 11.6 Å². The third-order valence-electron chi connectivity index (χ3n) is 4.38. The van der Waals surface area contributed by atoms with E-state index in [1.54, 1.807) is 12.1 Å². The Hall–Kier alpha value is -2.11. The second-order valence-corrected chi connectivity index (χ2v) is 8.84. The first kappa shape index (κ1) is 20.6. The third-order valence-corrected chi connectivity index (χ3v) is 6.56. The molecule has 1 amide bonds. The molecule has 2 heterocycles. The normalized spacial score (nSPS) is 19.6. The van der Waals surface area contributed by atoms with E-state index in [0.29, 0.717) is 5.56 Å². The van der Waals surface area contributed by atoms with Crippen LogP contribution in [0.5, 0.6) is 0 Å². The highest BCUT2D eigenvalue weighted by molar-refractivity contribution is 7.88. The molecular weight excluding hydrogens is 416 g/mol. The maximum absolute atomic E-state index is 14.0. The minimum atomic E-state index is -4.06. The first-order valence-electron chi connectivity index (χ1n) is 8.34. The van der Waals surface area contributed by atoms with Gasteiger partial charge in [-0.15, -0.1) is 5.10 Å². The summed E-state index contributed by atoms with van der Waals surface area (Å²) in [6.07, 6.45) is 0.637. The summed E-state index contributed by atoms with van der Waals surface area (Å²) in [7, 11) is -2.64. The number of benzene rings is 1. The Morgan fingerprint density at radius 2 is 2.11 bits per heavy atom. The molecule has 3 rings (SSSR count). The molecule has 1 N–H and O–H groups in total. The molecule has 28 heavy (non-hydrogen) atoms. The lowest BCUT2D eigenvalue weighted by atomic mass is 10.2. The van der Waals surface area contributed by atoms with Gasteiger partial charge in [-0.05, 0) is 11.6 Å². The summed E-state index contributed by atoms with van der Waals surface area (Å²) in [5, 5.41) is 10.0. The number of carbonyl (C=O) groups excluding carboxylic acids is 1. The van der Waals surface area contributed by atoms with Crippen molar-refractivity contribution in [1.82, 2.24) is 24.6 Å². The number of sulfonamides is 1. The molecule has 1 fully saturated rings. The van der Waals surface area contributed by atoms with Crippen LogP contribution in [-0.2, 0) is 22.3 Å². The number of rotatable bonds is 6. The zero-order valence-electron chi connectivity index (χ0n) is 14.8. The monoisotopic (exact) mass is 433 g/mol. The van der Waals surface area contributed by atoms with Gasteiger partial charge in [0.1, 0.15) is 0 Å². The summed E-state index contributed by atoms with van der Waals surface area (Å²) in [5.74, 6) is -4.13. The molecule has 1 aliphatic rings. The number of nitrogens with one attached hydrogen (secondary N) is 1. The quantitative estimate of drug-likeness (QED) is 0.745. The van der Waals surface area contributed by atoms with Crippen LogP contribution in [0.15, 0.2) is 30.5 Å². The summed E-state index contributed by atoms with van der Waals surface area (Å²) < 4.78 is 55.7. The summed E-state index contributed by atoms with van der Waals surface area (Å²) in [4.78, 5) is 11.6. The van der Waals surface area contributed by atoms with Gasteiger partial charge in [-0.2, -0.15) is 4.31 Å². The molecule has 1 aliphatic heterocycles. The lowest BCUT2D eigenvalue weighted by Crippen LogP contribution is -2.39. The van der Waals surface area contributed by atoms with Crippen LogP contribution in [-0.4, -0.2) is 59.2 Å². The van der Waals surface area contributed by atoms with Crippen molar-refractivity contribution in [3.63, 3.8) is 0 Å². The molecule has 1 atom stereocenters. The second-order valence-electron chi connectivity index (χ2n) is 6.51. The van der Waals surface area contributed by atoms with E-state index in [9.17, 15) is 22.0 Å². The van der Waals surface area contributed by atoms with Gasteiger partial charge in [0.05, 0.1) is 31.1 Å². The standard InChI is InChI=1S/C16H18ClF2N5O3S/c1-20-15(25)14-8-23(22-21-14)7-12-6-16(18,19)10-24(12)28(26,27)9-11-4-2-3-5-13(11)17/h2-5,8,12H,6-7,9-10H2,1H3,(H,20,25)/t12-/m0/s1. The maximum Gasteiger partial charge on any atom is 0.273 e. The molecule has 0 saturated carbocycles. The van der Waals surface area contributed by atoms with Crippen molar-refractivity contribution in [2.24, 2.45) is 0 Å². The zero-order valence-corrected chi connectivity index (χ0v) is 16.4. The fourth-order valence-corrected chi connectivity index (χ4v) is 5.15. The van der Waals surface area contributed by atoms with Crippen LogP contribution in [0, 0.1) is 0 Å². The van der Waals surface area contributed by atoms with E-state index in [1.165, 1.54) is 30.1 Å². The number of amides is 1. The Morgan fingerprint density at radius 1 is 1.39 bits per heavy atom. The minimum absolute atomic E-state index is 0.0118. The van der Waals surface area contributed by atoms with Gasteiger partial charge < -0.3 is 5.32 Å². The van der Waals surface area contributed by atoms with Crippen molar-refractivity contribution >= 4 is 27.5 Å². The highest BCUT2D eigenvalue weighted by atomic mass is 35.5. The minimum Gasteiger partial charge on any atom is -0.354 e. The van der Waals surface area contributed by atoms with E-state index in [-0.39, 0.29) is 17.3 Å². The van der Waals surface area contributed by atoms with Gasteiger partial charge in [-0.25, -0.2) is 17.2 Å². The van der Waals surface area contributed by atoms with E-state index >= 15 is 0 Å². The molecule has 1 aromatic heterocycles. The fraction of sp³-hybridized carbons (Fsp3) is 0.438. The van der Waals surface area contributed by atoms with Crippen molar-refractivity contribution in [1.29, 1.82) is 0 Å². The Balaban J connectivity index is 1.82. The van der Waals surface area contributed by atoms with Gasteiger partial charge in [0, 0.05) is 18.5 Å². The van der Waals surface area contributed by atoms with Crippen LogP contribution in [0.4, 0.5) is 8.78 Å². The predicted octanol–water partition coefficient (Wildman–Crippen LogP) is 1.53. The number of hydrogen-bond acceptors (Lipinski definition) is 5. The van der Waals surface area contributed by atoms with Crippen molar-refractivity contribution in [3.8, 4) is 0 Å². The lowest BCUT2D eigenvalue weighted by Gasteiger charge is -2.23. The first-order valence-corrected chi connectivity index (χ1v) is 10.3. The Bertz CT molecular complexity index is 982. The Kier molecular flexibility index (Phi) is 5.69. The predicted molar refractivity (Wildman–Crippen MR) is 97.5 cm³/mol. The summed E-state index contributed by atoms with van der Waals surface area (Å²) in [6.45, 7) is -1.07. The average molecular weight is 434 g/mol. The van der Waals surface area contributed by atoms with Crippen molar-refractivity contribution in [2.45, 2.75) is 30.7 Å². The van der Waals surface area contributed by atoms with Gasteiger partial charge in [-0.1, -0.05) is 35.0 Å². The molecule has 8 nitrogen and oxygen atoms in total. The van der Waals surface area contributed by atoms with Crippen LogP contribution in [0.3, 0.4) is 0 Å². The molecule has 0 unspecified atom stereocenters. The summed E-state index contributed by atoms with van der Waals surface area (Å²) in [5.41, 5.74) is 0.346. The van der Waals surface area contributed by atoms with Crippen molar-refractivity contribution in [3.05, 3.63) is 46.7 Å². The van der Waals surface area contributed by atoms with E-state index in [4.69, 9.17) is 11.6 Å². The number of carbonyl (C=O) groups is 1. The maximum atomic E-state index is 14.0. The zero-order chi connectivity index (χ0) is 20.5. The molecule has 12 heteroatoms. The van der Waals surface area contributed by atoms with Gasteiger partial charge in [-0.3, -0.25) is 9.48 Å². The Morgan fingerprint density at radius 3 is 2.79 bits per heavy atom. The topological polar surface area (TPSA) is 97.2 Å². The van der Waals surface area contributed by atoms with Crippen LogP contribution < -0.4 is 5.32 Å². The van der Waals surface area contributed by atoms with Crippen molar-refractivity contribution < 1.29 is 22.0 Å². The summed E-state index contributed by atoms with van der Waals surface area (Å²) >= 11 is 6.01. The molecule has 1 aromatic carbocycles. The molecule has 152 valence electrons. The highest BCUT2D eigenvalue weighted by Gasteiger charge is 2.49. The molecule has 0 spiro atoms. The van der Waals surface area contributed by atoms with E-state index < -0.39 is 46.6 Å². The van der Waals surface area contributed by atoms with Gasteiger partial charge in [0.15, 0.2) is 5.69 Å². The number of nitrogens with zero attached hydrogens (tertiary/aromatic N) is 4. The van der Waals surface area contributed by atoms with E-state index in [2.05, 4.69) is 15.6 Å². The molecule has 0 radical (unpaired) electrons. The second kappa shape index (κ2) is 7.72. The molecule has 0 bridgehead atoms. The van der Waals surface area contributed by atoms with Crippen molar-refractivity contribution in [2.75, 3.05) is 13.6 Å². The largest absolute Gasteiger partial charge is 0.354 e. The molecular formula is C16H18ClF2N5O3S. The van der Waals surface area contributed by atoms with Gasteiger partial charge in [0.25, 0.3) is 11.8 Å². The smallest absolute Gasteiger partial charge is 0.273 e. The Labute approximate surface area is 165 Å². The van der Waals surface area contributed by atoms with Crippen LogP contribution in [0.25, 0.3) is 0 Å². The lowest BCUT2D eigenvalue weighted by molar-refractivity contribution is 0.0168. The number of alkyl halides is 2. The number of hydrogen-bond donors (Lipinski definition) is 1. The van der Waals surface area contributed by atoms with E-state index in [1.807, 2.05) is 0 Å².